The molecule has 8 heteroatoms. The van der Waals surface area contributed by atoms with Gasteiger partial charge in [0.2, 0.25) is 5.91 Å². The van der Waals surface area contributed by atoms with Gasteiger partial charge in [0.05, 0.1) is 12.5 Å². The van der Waals surface area contributed by atoms with Crippen molar-refractivity contribution in [2.45, 2.75) is 51.2 Å². The molecule has 2 unspecified atom stereocenters. The molecular weight excluding hydrogens is 436 g/mol. The first-order chi connectivity index (χ1) is 16.4. The number of hydrogen-bond acceptors (Lipinski definition) is 5. The number of amides is 2. The number of carboxylic acid groups (broad SMARTS) is 1. The second kappa shape index (κ2) is 12.2. The lowest BCUT2D eigenvalue weighted by molar-refractivity contribution is -0.142. The minimum atomic E-state index is -1.07. The molecule has 0 bridgehead atoms. The first kappa shape index (κ1) is 25.2. The van der Waals surface area contributed by atoms with E-state index in [-0.39, 0.29) is 25.5 Å². The zero-order valence-corrected chi connectivity index (χ0v) is 19.6. The highest BCUT2D eigenvalue weighted by molar-refractivity contribution is 5.84. The molecule has 3 N–H and O–H groups in total. The van der Waals surface area contributed by atoms with Crippen molar-refractivity contribution in [3.8, 4) is 11.1 Å². The minimum absolute atomic E-state index is 0.0434. The van der Waals surface area contributed by atoms with Gasteiger partial charge in [0.15, 0.2) is 0 Å². The summed E-state index contributed by atoms with van der Waals surface area (Å²) in [5, 5.41) is 14.4. The lowest BCUT2D eigenvalue weighted by Crippen LogP contribution is -2.43. The Balaban J connectivity index is 1.52. The molecule has 8 nitrogen and oxygen atoms in total. The van der Waals surface area contributed by atoms with E-state index in [0.717, 1.165) is 22.3 Å². The number of alkyl carbamates (subject to hydrolysis) is 1. The number of benzene rings is 2. The lowest BCUT2D eigenvalue weighted by atomic mass is 9.98. The fourth-order valence-electron chi connectivity index (χ4n) is 4.28. The average Bonchev–Trinajstić information content (AvgIpc) is 3.14. The van der Waals surface area contributed by atoms with Crippen molar-refractivity contribution in [2.75, 3.05) is 19.8 Å². The Hall–Kier alpha value is -3.39. The van der Waals surface area contributed by atoms with E-state index >= 15 is 0 Å². The quantitative estimate of drug-likeness (QED) is 0.438. The molecule has 2 atom stereocenters. The number of fused-ring (bicyclic) bond motifs is 3. The van der Waals surface area contributed by atoms with Gasteiger partial charge in [-0.05, 0) is 35.6 Å². The molecule has 0 heterocycles. The lowest BCUT2D eigenvalue weighted by Gasteiger charge is -2.20. The Morgan fingerprint density at radius 2 is 1.62 bits per heavy atom. The second-order valence-electron chi connectivity index (χ2n) is 8.23. The summed E-state index contributed by atoms with van der Waals surface area (Å²) in [5.74, 6) is -1.55. The largest absolute Gasteiger partial charge is 0.480 e. The fraction of sp³-hybridized carbons (Fsp3) is 0.423. The number of hydrogen-bond donors (Lipinski definition) is 3. The fourth-order valence-corrected chi connectivity index (χ4v) is 4.28. The molecule has 0 spiro atoms. The molecule has 0 saturated carbocycles. The minimum Gasteiger partial charge on any atom is -0.480 e. The van der Waals surface area contributed by atoms with Crippen molar-refractivity contribution >= 4 is 18.0 Å². The van der Waals surface area contributed by atoms with Crippen molar-refractivity contribution in [1.29, 1.82) is 0 Å². The summed E-state index contributed by atoms with van der Waals surface area (Å²) in [6, 6.07) is 15.3. The van der Waals surface area contributed by atoms with Gasteiger partial charge in [0.25, 0.3) is 0 Å². The van der Waals surface area contributed by atoms with Crippen molar-refractivity contribution in [3.63, 3.8) is 0 Å². The first-order valence-corrected chi connectivity index (χ1v) is 11.7. The molecule has 0 saturated heterocycles. The van der Waals surface area contributed by atoms with Crippen molar-refractivity contribution in [1.82, 2.24) is 10.6 Å². The maximum absolute atomic E-state index is 12.4. The molecule has 0 aliphatic heterocycles. The summed E-state index contributed by atoms with van der Waals surface area (Å²) in [5.41, 5.74) is 4.55. The number of aliphatic carboxylic acids is 1. The highest BCUT2D eigenvalue weighted by Gasteiger charge is 2.29. The van der Waals surface area contributed by atoms with E-state index in [1.165, 1.54) is 0 Å². The maximum atomic E-state index is 12.4. The third kappa shape index (κ3) is 6.35. The van der Waals surface area contributed by atoms with Gasteiger partial charge >= 0.3 is 12.1 Å². The van der Waals surface area contributed by atoms with Crippen LogP contribution in [0.2, 0.25) is 0 Å². The van der Waals surface area contributed by atoms with E-state index in [2.05, 4.69) is 22.8 Å². The molecule has 3 rings (SSSR count). The zero-order chi connectivity index (χ0) is 24.5. The smallest absolute Gasteiger partial charge is 0.407 e. The van der Waals surface area contributed by atoms with Gasteiger partial charge in [0, 0.05) is 19.1 Å². The standard InChI is InChI=1S/C26H32N2O6/c1-3-9-23(25(30)31)28-24(29)14-17(33-4-2)15-27-26(32)34-16-22-20-12-7-5-10-18(20)19-11-6-8-13-21(19)22/h5-8,10-13,17,22-23H,3-4,9,14-16H2,1-2H3,(H,27,32)(H,28,29)(H,30,31). The number of carboxylic acids is 1. The van der Waals surface area contributed by atoms with Gasteiger partial charge in [-0.15, -0.1) is 0 Å². The van der Waals surface area contributed by atoms with Crippen LogP contribution in [0.5, 0.6) is 0 Å². The van der Waals surface area contributed by atoms with E-state index in [1.54, 1.807) is 6.92 Å². The predicted molar refractivity (Wildman–Crippen MR) is 128 cm³/mol. The van der Waals surface area contributed by atoms with Crippen molar-refractivity contribution in [3.05, 3.63) is 59.7 Å². The SMILES string of the molecule is CCCC(NC(=O)CC(CNC(=O)OCC1c2ccccc2-c2ccccc21)OCC)C(=O)O. The van der Waals surface area contributed by atoms with E-state index in [9.17, 15) is 19.5 Å². The van der Waals surface area contributed by atoms with E-state index in [4.69, 9.17) is 9.47 Å². The average molecular weight is 469 g/mol. The highest BCUT2D eigenvalue weighted by atomic mass is 16.5. The molecule has 182 valence electrons. The Morgan fingerprint density at radius 1 is 1.00 bits per heavy atom. The van der Waals surface area contributed by atoms with Gasteiger partial charge in [-0.3, -0.25) is 4.79 Å². The molecule has 0 radical (unpaired) electrons. The van der Waals surface area contributed by atoms with E-state index < -0.39 is 30.1 Å². The van der Waals surface area contributed by atoms with Crippen molar-refractivity contribution < 1.29 is 29.0 Å². The monoisotopic (exact) mass is 468 g/mol. The Kier molecular flexibility index (Phi) is 9.04. The van der Waals surface area contributed by atoms with Crippen LogP contribution in [0.25, 0.3) is 11.1 Å². The summed E-state index contributed by atoms with van der Waals surface area (Å²) in [6.07, 6.45) is -0.276. The van der Waals surface area contributed by atoms with Crippen LogP contribution in [-0.2, 0) is 19.1 Å². The van der Waals surface area contributed by atoms with Gasteiger partial charge in [-0.2, -0.15) is 0 Å². The molecule has 2 aromatic rings. The Morgan fingerprint density at radius 3 is 2.18 bits per heavy atom. The molecule has 1 aliphatic rings. The zero-order valence-electron chi connectivity index (χ0n) is 19.6. The maximum Gasteiger partial charge on any atom is 0.407 e. The normalized spacial score (nSPS) is 13.9. The molecule has 34 heavy (non-hydrogen) atoms. The number of nitrogens with one attached hydrogen (secondary N) is 2. The predicted octanol–water partition coefficient (Wildman–Crippen LogP) is 3.69. The van der Waals surface area contributed by atoms with Gasteiger partial charge in [-0.1, -0.05) is 61.9 Å². The highest BCUT2D eigenvalue weighted by Crippen LogP contribution is 2.44. The van der Waals surface area contributed by atoms with Gasteiger partial charge in [-0.25, -0.2) is 9.59 Å². The van der Waals surface area contributed by atoms with Crippen molar-refractivity contribution in [2.24, 2.45) is 0 Å². The topological polar surface area (TPSA) is 114 Å². The summed E-state index contributed by atoms with van der Waals surface area (Å²) < 4.78 is 11.1. The van der Waals surface area contributed by atoms with Gasteiger partial charge in [0.1, 0.15) is 12.6 Å². The van der Waals surface area contributed by atoms with Crippen LogP contribution < -0.4 is 10.6 Å². The van der Waals surface area contributed by atoms with Crippen LogP contribution in [0.4, 0.5) is 4.79 Å². The summed E-state index contributed by atoms with van der Waals surface area (Å²) in [4.78, 5) is 36.0. The summed E-state index contributed by atoms with van der Waals surface area (Å²) in [6.45, 7) is 4.25. The third-order valence-electron chi connectivity index (χ3n) is 5.84. The van der Waals surface area contributed by atoms with E-state index in [1.807, 2.05) is 43.3 Å². The van der Waals surface area contributed by atoms with Crippen LogP contribution in [-0.4, -0.2) is 55.0 Å². The molecule has 2 aromatic carbocycles. The molecule has 0 aromatic heterocycles. The number of ether oxygens (including phenoxy) is 2. The van der Waals surface area contributed by atoms with E-state index in [0.29, 0.717) is 19.4 Å². The van der Waals surface area contributed by atoms with Crippen LogP contribution in [0.1, 0.15) is 50.2 Å². The number of rotatable bonds is 12. The molecule has 0 fully saturated rings. The van der Waals surface area contributed by atoms with Crippen LogP contribution in [0.3, 0.4) is 0 Å². The van der Waals surface area contributed by atoms with Crippen LogP contribution in [0.15, 0.2) is 48.5 Å². The van der Waals surface area contributed by atoms with Crippen LogP contribution >= 0.6 is 0 Å². The Bertz CT molecular complexity index is 963. The number of carbonyl (C=O) groups is 3. The molecular formula is C26H32N2O6. The molecule has 1 aliphatic carbocycles. The molecule has 2 amide bonds. The van der Waals surface area contributed by atoms with Gasteiger partial charge < -0.3 is 25.2 Å². The Labute approximate surface area is 199 Å². The van der Waals surface area contributed by atoms with Crippen LogP contribution in [0, 0.1) is 0 Å². The second-order valence-corrected chi connectivity index (χ2v) is 8.23. The third-order valence-corrected chi connectivity index (χ3v) is 5.84. The number of carbonyl (C=O) groups excluding carboxylic acids is 2. The summed E-state index contributed by atoms with van der Waals surface area (Å²) in [7, 11) is 0. The summed E-state index contributed by atoms with van der Waals surface area (Å²) >= 11 is 0. The first-order valence-electron chi connectivity index (χ1n) is 11.7.